The summed E-state index contributed by atoms with van der Waals surface area (Å²) in [6, 6.07) is 5.14. The van der Waals surface area contributed by atoms with E-state index in [-0.39, 0.29) is 11.5 Å². The van der Waals surface area contributed by atoms with Crippen LogP contribution in [-0.2, 0) is 6.18 Å². The first-order chi connectivity index (χ1) is 9.38. The fraction of sp³-hybridized carbons (Fsp3) is 0.0833. The number of nitrogens with zero attached hydrogens (tertiary/aromatic N) is 2. The minimum absolute atomic E-state index is 0.129. The summed E-state index contributed by atoms with van der Waals surface area (Å²) in [5.74, 6) is -0.377. The maximum atomic E-state index is 12.4. The highest BCUT2D eigenvalue weighted by molar-refractivity contribution is 9.10. The molecule has 2 heterocycles. The molecule has 104 valence electrons. The molecule has 2 aromatic rings. The Morgan fingerprint density at radius 1 is 1.20 bits per heavy atom. The van der Waals surface area contributed by atoms with Crippen molar-refractivity contribution >= 4 is 27.7 Å². The van der Waals surface area contributed by atoms with Crippen LogP contribution < -0.4 is 5.32 Å². The van der Waals surface area contributed by atoms with Gasteiger partial charge in [-0.25, -0.2) is 4.98 Å². The van der Waals surface area contributed by atoms with Gasteiger partial charge >= 0.3 is 6.18 Å². The molecule has 0 atom stereocenters. The first-order valence-corrected chi connectivity index (χ1v) is 6.12. The fourth-order valence-corrected chi connectivity index (χ4v) is 1.70. The highest BCUT2D eigenvalue weighted by Gasteiger charge is 2.30. The molecule has 0 saturated carbocycles. The van der Waals surface area contributed by atoms with Crippen molar-refractivity contribution in [1.29, 1.82) is 0 Å². The van der Waals surface area contributed by atoms with E-state index in [1.54, 1.807) is 12.1 Å². The molecular weight excluding hydrogens is 339 g/mol. The number of hydrogen-bond acceptors (Lipinski definition) is 3. The van der Waals surface area contributed by atoms with Crippen molar-refractivity contribution in [2.24, 2.45) is 0 Å². The van der Waals surface area contributed by atoms with Gasteiger partial charge in [-0.15, -0.1) is 0 Å². The predicted molar refractivity (Wildman–Crippen MR) is 69.1 cm³/mol. The lowest BCUT2D eigenvalue weighted by Gasteiger charge is -2.08. The second-order valence-electron chi connectivity index (χ2n) is 3.72. The van der Waals surface area contributed by atoms with Crippen LogP contribution in [0.4, 0.5) is 19.0 Å². The average molecular weight is 346 g/mol. The fourth-order valence-electron chi connectivity index (χ4n) is 1.35. The molecule has 0 aliphatic carbocycles. The third-order valence-corrected chi connectivity index (χ3v) is 2.95. The normalized spacial score (nSPS) is 11.2. The van der Waals surface area contributed by atoms with Crippen molar-refractivity contribution in [3.63, 3.8) is 0 Å². The maximum absolute atomic E-state index is 12.4. The van der Waals surface area contributed by atoms with E-state index in [9.17, 15) is 18.0 Å². The van der Waals surface area contributed by atoms with Crippen LogP contribution in [-0.4, -0.2) is 15.9 Å². The van der Waals surface area contributed by atoms with Crippen LogP contribution in [0.15, 0.2) is 41.1 Å². The lowest BCUT2D eigenvalue weighted by Crippen LogP contribution is -2.16. The Kier molecular flexibility index (Phi) is 4.03. The monoisotopic (exact) mass is 345 g/mol. The lowest BCUT2D eigenvalue weighted by atomic mass is 10.2. The highest BCUT2D eigenvalue weighted by atomic mass is 79.9. The zero-order valence-electron chi connectivity index (χ0n) is 9.78. The number of pyridine rings is 2. The summed E-state index contributed by atoms with van der Waals surface area (Å²) in [5.41, 5.74) is -1.04. The van der Waals surface area contributed by atoms with Crippen LogP contribution in [0.3, 0.4) is 0 Å². The Hall–Kier alpha value is -1.96. The Morgan fingerprint density at radius 3 is 2.50 bits per heavy atom. The van der Waals surface area contributed by atoms with Crippen molar-refractivity contribution in [2.75, 3.05) is 5.32 Å². The van der Waals surface area contributed by atoms with Crippen LogP contribution in [0.25, 0.3) is 0 Å². The number of nitrogens with one attached hydrogen (secondary N) is 1. The molecule has 1 N–H and O–H groups in total. The lowest BCUT2D eigenvalue weighted by molar-refractivity contribution is -0.137. The molecule has 1 amide bonds. The molecule has 0 aliphatic rings. The largest absolute Gasteiger partial charge is 0.417 e. The topological polar surface area (TPSA) is 54.9 Å². The van der Waals surface area contributed by atoms with Crippen LogP contribution >= 0.6 is 15.9 Å². The number of alkyl halides is 3. The summed E-state index contributed by atoms with van der Waals surface area (Å²) < 4.78 is 37.6. The van der Waals surface area contributed by atoms with E-state index in [1.165, 1.54) is 6.20 Å². The quantitative estimate of drug-likeness (QED) is 0.906. The van der Waals surface area contributed by atoms with Gasteiger partial charge in [0.1, 0.15) is 11.5 Å². The number of hydrogen-bond donors (Lipinski definition) is 1. The van der Waals surface area contributed by atoms with Crippen molar-refractivity contribution in [3.05, 3.63) is 52.4 Å². The second-order valence-corrected chi connectivity index (χ2v) is 4.57. The van der Waals surface area contributed by atoms with Crippen molar-refractivity contribution in [2.45, 2.75) is 6.18 Å². The van der Waals surface area contributed by atoms with Gasteiger partial charge in [-0.3, -0.25) is 9.78 Å². The SMILES string of the molecule is O=C(Nc1ncccc1Br)c1ccc(C(F)(F)F)cn1. The molecule has 2 aromatic heterocycles. The van der Waals surface area contributed by atoms with Crippen LogP contribution in [0.1, 0.15) is 16.1 Å². The first-order valence-electron chi connectivity index (χ1n) is 5.33. The summed E-state index contributed by atoms with van der Waals surface area (Å²) in [4.78, 5) is 19.2. The van der Waals surface area contributed by atoms with E-state index in [2.05, 4.69) is 31.2 Å². The third-order valence-electron chi connectivity index (χ3n) is 2.31. The molecule has 20 heavy (non-hydrogen) atoms. The summed E-state index contributed by atoms with van der Waals surface area (Å²) >= 11 is 3.19. The molecule has 0 saturated heterocycles. The van der Waals surface area contributed by atoms with Gasteiger partial charge in [0.05, 0.1) is 10.0 Å². The Balaban J connectivity index is 2.16. The van der Waals surface area contributed by atoms with Gasteiger partial charge in [-0.2, -0.15) is 13.2 Å². The first kappa shape index (κ1) is 14.4. The third kappa shape index (κ3) is 3.32. The van der Waals surface area contributed by atoms with Crippen molar-refractivity contribution in [3.8, 4) is 0 Å². The maximum Gasteiger partial charge on any atom is 0.417 e. The molecule has 0 bridgehead atoms. The Labute approximate surface area is 120 Å². The van der Waals surface area contributed by atoms with Gasteiger partial charge in [0.15, 0.2) is 0 Å². The van der Waals surface area contributed by atoms with Gasteiger partial charge in [-0.05, 0) is 40.2 Å². The van der Waals surface area contributed by atoms with Gasteiger partial charge in [0.25, 0.3) is 5.91 Å². The minimum Gasteiger partial charge on any atom is -0.304 e. The Bertz CT molecular complexity index is 629. The molecule has 4 nitrogen and oxygen atoms in total. The molecule has 0 unspecified atom stereocenters. The summed E-state index contributed by atoms with van der Waals surface area (Å²) in [6.45, 7) is 0. The van der Waals surface area contributed by atoms with Gasteiger partial charge in [0, 0.05) is 12.4 Å². The zero-order valence-corrected chi connectivity index (χ0v) is 11.4. The van der Waals surface area contributed by atoms with E-state index in [4.69, 9.17) is 0 Å². The second kappa shape index (κ2) is 5.58. The van der Waals surface area contributed by atoms with Gasteiger partial charge < -0.3 is 5.32 Å². The molecule has 0 fully saturated rings. The molecule has 8 heteroatoms. The number of aromatic nitrogens is 2. The Morgan fingerprint density at radius 2 is 1.95 bits per heavy atom. The number of anilines is 1. The molecule has 2 rings (SSSR count). The molecule has 0 aromatic carbocycles. The zero-order chi connectivity index (χ0) is 14.8. The van der Waals surface area contributed by atoms with E-state index >= 15 is 0 Å². The van der Waals surface area contributed by atoms with E-state index in [0.717, 1.165) is 12.1 Å². The summed E-state index contributed by atoms with van der Waals surface area (Å²) in [6.07, 6.45) is -2.39. The van der Waals surface area contributed by atoms with E-state index in [1.807, 2.05) is 0 Å². The van der Waals surface area contributed by atoms with E-state index in [0.29, 0.717) is 10.7 Å². The van der Waals surface area contributed by atoms with Gasteiger partial charge in [0.2, 0.25) is 0 Å². The molecule has 0 aliphatic heterocycles. The highest BCUT2D eigenvalue weighted by Crippen LogP contribution is 2.28. The average Bonchev–Trinajstić information content (AvgIpc) is 2.40. The molecule has 0 radical (unpaired) electrons. The van der Waals surface area contributed by atoms with E-state index < -0.39 is 17.6 Å². The predicted octanol–water partition coefficient (Wildman–Crippen LogP) is 3.51. The minimum atomic E-state index is -4.48. The summed E-state index contributed by atoms with van der Waals surface area (Å²) in [7, 11) is 0. The molecular formula is C12H7BrF3N3O. The van der Waals surface area contributed by atoms with Crippen LogP contribution in [0, 0.1) is 0 Å². The summed E-state index contributed by atoms with van der Waals surface area (Å²) in [5, 5.41) is 2.44. The van der Waals surface area contributed by atoms with Crippen molar-refractivity contribution in [1.82, 2.24) is 9.97 Å². The number of amides is 1. The number of rotatable bonds is 2. The van der Waals surface area contributed by atoms with Gasteiger partial charge in [-0.1, -0.05) is 0 Å². The number of carbonyl (C=O) groups excluding carboxylic acids is 1. The number of carbonyl (C=O) groups is 1. The molecule has 0 spiro atoms. The number of halogens is 4. The van der Waals surface area contributed by atoms with Crippen LogP contribution in [0.2, 0.25) is 0 Å². The van der Waals surface area contributed by atoms with Crippen molar-refractivity contribution < 1.29 is 18.0 Å². The smallest absolute Gasteiger partial charge is 0.304 e. The van der Waals surface area contributed by atoms with Crippen LogP contribution in [0.5, 0.6) is 0 Å². The standard InChI is InChI=1S/C12H7BrF3N3O/c13-8-2-1-5-17-10(8)19-11(20)9-4-3-7(6-18-9)12(14,15)16/h1-6H,(H,17,19,20).